The predicted molar refractivity (Wildman–Crippen MR) is 101 cm³/mol. The molecule has 3 nitrogen and oxygen atoms in total. The third kappa shape index (κ3) is 4.10. The summed E-state index contributed by atoms with van der Waals surface area (Å²) >= 11 is 0. The molecule has 0 N–H and O–H groups in total. The Morgan fingerprint density at radius 1 is 1.00 bits per heavy atom. The fourth-order valence-corrected chi connectivity index (χ4v) is 2.92. The SMILES string of the molecule is CCCCCc1ccccc1-c1nccc(-c2cccc(C#N)c2)n1. The fraction of sp³-hybridized carbons (Fsp3) is 0.227. The Balaban J connectivity index is 1.96. The normalized spacial score (nSPS) is 10.4. The molecule has 124 valence electrons. The lowest BCUT2D eigenvalue weighted by Crippen LogP contribution is -1.96. The minimum atomic E-state index is 0.637. The van der Waals surface area contributed by atoms with Gasteiger partial charge in [-0.15, -0.1) is 0 Å². The molecule has 2 aromatic carbocycles. The summed E-state index contributed by atoms with van der Waals surface area (Å²) in [6.45, 7) is 2.22. The molecule has 0 aliphatic rings. The van der Waals surface area contributed by atoms with Gasteiger partial charge in [-0.3, -0.25) is 0 Å². The van der Waals surface area contributed by atoms with E-state index in [1.807, 2.05) is 30.3 Å². The second-order valence-electron chi connectivity index (χ2n) is 6.07. The van der Waals surface area contributed by atoms with Gasteiger partial charge in [0.15, 0.2) is 5.82 Å². The van der Waals surface area contributed by atoms with E-state index >= 15 is 0 Å². The van der Waals surface area contributed by atoms with Gasteiger partial charge in [0, 0.05) is 17.3 Å². The Bertz CT molecular complexity index is 894. The second kappa shape index (κ2) is 8.21. The van der Waals surface area contributed by atoms with Gasteiger partial charge in [0.25, 0.3) is 0 Å². The predicted octanol–water partition coefficient (Wildman–Crippen LogP) is 5.41. The lowest BCUT2D eigenvalue weighted by atomic mass is 10.0. The maximum absolute atomic E-state index is 9.10. The van der Waals surface area contributed by atoms with Crippen molar-refractivity contribution < 1.29 is 0 Å². The summed E-state index contributed by atoms with van der Waals surface area (Å²) in [5.74, 6) is 0.743. The monoisotopic (exact) mass is 327 g/mol. The summed E-state index contributed by atoms with van der Waals surface area (Å²) in [6.07, 6.45) is 6.46. The van der Waals surface area contributed by atoms with Crippen LogP contribution in [0.5, 0.6) is 0 Å². The van der Waals surface area contributed by atoms with Crippen LogP contribution in [0.15, 0.2) is 60.8 Å². The van der Waals surface area contributed by atoms with Crippen LogP contribution in [0, 0.1) is 11.3 Å². The summed E-state index contributed by atoms with van der Waals surface area (Å²) in [5.41, 5.74) is 4.80. The van der Waals surface area contributed by atoms with Gasteiger partial charge in [0.05, 0.1) is 17.3 Å². The first-order chi connectivity index (χ1) is 12.3. The number of nitriles is 1. The molecule has 0 aliphatic heterocycles. The second-order valence-corrected chi connectivity index (χ2v) is 6.07. The molecule has 3 heteroatoms. The summed E-state index contributed by atoms with van der Waals surface area (Å²) in [5, 5.41) is 9.10. The Morgan fingerprint density at radius 3 is 2.72 bits per heavy atom. The number of hydrogen-bond acceptors (Lipinski definition) is 3. The van der Waals surface area contributed by atoms with E-state index in [9.17, 15) is 0 Å². The molecule has 0 fully saturated rings. The highest BCUT2D eigenvalue weighted by Gasteiger charge is 2.09. The first kappa shape index (κ1) is 16.9. The summed E-state index contributed by atoms with van der Waals surface area (Å²) < 4.78 is 0. The molecule has 0 aliphatic carbocycles. The number of benzene rings is 2. The van der Waals surface area contributed by atoms with E-state index in [2.05, 4.69) is 36.2 Å². The number of hydrogen-bond donors (Lipinski definition) is 0. The van der Waals surface area contributed by atoms with Crippen molar-refractivity contribution in [2.24, 2.45) is 0 Å². The van der Waals surface area contributed by atoms with E-state index in [4.69, 9.17) is 10.2 Å². The van der Waals surface area contributed by atoms with Crippen LogP contribution in [0.4, 0.5) is 0 Å². The average molecular weight is 327 g/mol. The average Bonchev–Trinajstić information content (AvgIpc) is 2.69. The van der Waals surface area contributed by atoms with Crippen molar-refractivity contribution in [3.63, 3.8) is 0 Å². The van der Waals surface area contributed by atoms with Gasteiger partial charge in [0.2, 0.25) is 0 Å². The Kier molecular flexibility index (Phi) is 5.53. The van der Waals surface area contributed by atoms with Gasteiger partial charge in [0.1, 0.15) is 0 Å². The number of rotatable bonds is 6. The molecular formula is C22H21N3. The molecule has 0 unspecified atom stereocenters. The van der Waals surface area contributed by atoms with Crippen molar-refractivity contribution in [2.45, 2.75) is 32.6 Å². The number of aryl methyl sites for hydroxylation is 1. The number of aromatic nitrogens is 2. The standard InChI is InChI=1S/C22H21N3/c1-2-3-4-9-18-10-5-6-12-20(18)22-24-14-13-21(25-22)19-11-7-8-17(15-19)16-23/h5-8,10-15H,2-4,9H2,1H3. The van der Waals surface area contributed by atoms with Crippen LogP contribution in [0.1, 0.15) is 37.3 Å². The molecule has 0 bridgehead atoms. The van der Waals surface area contributed by atoms with Crippen molar-refractivity contribution in [2.75, 3.05) is 0 Å². The van der Waals surface area contributed by atoms with Crippen molar-refractivity contribution in [3.8, 4) is 28.7 Å². The lowest BCUT2D eigenvalue weighted by molar-refractivity contribution is 0.718. The summed E-state index contributed by atoms with van der Waals surface area (Å²) in [6, 6.07) is 19.9. The fourth-order valence-electron chi connectivity index (χ4n) is 2.92. The van der Waals surface area contributed by atoms with E-state index < -0.39 is 0 Å². The highest BCUT2D eigenvalue weighted by atomic mass is 14.9. The highest BCUT2D eigenvalue weighted by Crippen LogP contribution is 2.25. The van der Waals surface area contributed by atoms with E-state index in [1.54, 1.807) is 12.3 Å². The van der Waals surface area contributed by atoms with E-state index in [0.29, 0.717) is 5.56 Å². The van der Waals surface area contributed by atoms with Gasteiger partial charge in [-0.2, -0.15) is 5.26 Å². The maximum Gasteiger partial charge on any atom is 0.160 e. The smallest absolute Gasteiger partial charge is 0.160 e. The number of nitrogens with zero attached hydrogens (tertiary/aromatic N) is 3. The van der Waals surface area contributed by atoms with Crippen molar-refractivity contribution in [1.29, 1.82) is 5.26 Å². The molecule has 3 aromatic rings. The van der Waals surface area contributed by atoms with Gasteiger partial charge in [-0.05, 0) is 36.6 Å². The summed E-state index contributed by atoms with van der Waals surface area (Å²) in [4.78, 5) is 9.25. The quantitative estimate of drug-likeness (QED) is 0.568. The molecule has 1 aromatic heterocycles. The third-order valence-electron chi connectivity index (χ3n) is 4.25. The van der Waals surface area contributed by atoms with Gasteiger partial charge in [-0.25, -0.2) is 9.97 Å². The molecular weight excluding hydrogens is 306 g/mol. The molecule has 0 saturated carbocycles. The van der Waals surface area contributed by atoms with Gasteiger partial charge >= 0.3 is 0 Å². The first-order valence-corrected chi connectivity index (χ1v) is 8.73. The van der Waals surface area contributed by atoms with Crippen LogP contribution in [0.3, 0.4) is 0 Å². The van der Waals surface area contributed by atoms with Crippen molar-refractivity contribution in [1.82, 2.24) is 9.97 Å². The van der Waals surface area contributed by atoms with Gasteiger partial charge in [-0.1, -0.05) is 56.2 Å². The molecule has 25 heavy (non-hydrogen) atoms. The largest absolute Gasteiger partial charge is 0.237 e. The van der Waals surface area contributed by atoms with E-state index in [0.717, 1.165) is 29.1 Å². The third-order valence-corrected chi connectivity index (χ3v) is 4.25. The minimum absolute atomic E-state index is 0.637. The van der Waals surface area contributed by atoms with Crippen LogP contribution in [0.25, 0.3) is 22.6 Å². The van der Waals surface area contributed by atoms with Crippen LogP contribution in [0.2, 0.25) is 0 Å². The molecule has 0 radical (unpaired) electrons. The first-order valence-electron chi connectivity index (χ1n) is 8.73. The molecule has 0 saturated heterocycles. The van der Waals surface area contributed by atoms with Crippen LogP contribution >= 0.6 is 0 Å². The Hall–Kier alpha value is -2.99. The topological polar surface area (TPSA) is 49.6 Å². The highest BCUT2D eigenvalue weighted by molar-refractivity contribution is 5.66. The molecule has 3 rings (SSSR count). The molecule has 0 amide bonds. The zero-order valence-electron chi connectivity index (χ0n) is 14.4. The maximum atomic E-state index is 9.10. The lowest BCUT2D eigenvalue weighted by Gasteiger charge is -2.09. The molecule has 1 heterocycles. The van der Waals surface area contributed by atoms with Crippen LogP contribution < -0.4 is 0 Å². The van der Waals surface area contributed by atoms with Gasteiger partial charge < -0.3 is 0 Å². The van der Waals surface area contributed by atoms with Crippen molar-refractivity contribution >= 4 is 0 Å². The zero-order valence-corrected chi connectivity index (χ0v) is 14.4. The zero-order chi connectivity index (χ0) is 17.5. The summed E-state index contributed by atoms with van der Waals surface area (Å²) in [7, 11) is 0. The molecule has 0 atom stereocenters. The van der Waals surface area contributed by atoms with Crippen LogP contribution in [-0.4, -0.2) is 9.97 Å². The Labute approximate surface area is 149 Å². The minimum Gasteiger partial charge on any atom is -0.237 e. The Morgan fingerprint density at radius 2 is 1.88 bits per heavy atom. The van der Waals surface area contributed by atoms with E-state index in [1.165, 1.54) is 24.8 Å². The van der Waals surface area contributed by atoms with E-state index in [-0.39, 0.29) is 0 Å². The van der Waals surface area contributed by atoms with Crippen LogP contribution in [-0.2, 0) is 6.42 Å². The number of unbranched alkanes of at least 4 members (excludes halogenated alkanes) is 2. The molecule has 0 spiro atoms. The van der Waals surface area contributed by atoms with Crippen molar-refractivity contribution in [3.05, 3.63) is 71.9 Å².